The zero-order valence-electron chi connectivity index (χ0n) is 19.9. The zero-order valence-corrected chi connectivity index (χ0v) is 19.9. The van der Waals surface area contributed by atoms with Crippen molar-refractivity contribution in [1.29, 1.82) is 0 Å². The Morgan fingerprint density at radius 1 is 1.33 bits per heavy atom. The van der Waals surface area contributed by atoms with Crippen LogP contribution in [0.25, 0.3) is 10.5 Å². The molecule has 36 heavy (non-hydrogen) atoms. The minimum atomic E-state index is -1.01. The molecule has 1 aliphatic carbocycles. The first kappa shape index (κ1) is 23.7. The third-order valence-corrected chi connectivity index (χ3v) is 6.72. The molecule has 1 aliphatic heterocycles. The molecule has 2 atom stereocenters. The first-order valence-corrected chi connectivity index (χ1v) is 12.0. The van der Waals surface area contributed by atoms with Crippen LogP contribution in [0.1, 0.15) is 35.7 Å². The van der Waals surface area contributed by atoms with Gasteiger partial charge in [-0.15, -0.1) is 0 Å². The van der Waals surface area contributed by atoms with E-state index in [9.17, 15) is 14.0 Å². The summed E-state index contributed by atoms with van der Waals surface area (Å²) in [5.41, 5.74) is 0.736. The summed E-state index contributed by atoms with van der Waals surface area (Å²) in [7, 11) is 1.72. The molecule has 0 bridgehead atoms. The summed E-state index contributed by atoms with van der Waals surface area (Å²) in [4.78, 5) is 36.2. The number of fused-ring (bicyclic) bond motifs is 1. The molecule has 12 heteroatoms. The minimum absolute atomic E-state index is 0.0821. The Bertz CT molecular complexity index is 1370. The van der Waals surface area contributed by atoms with E-state index in [-0.39, 0.29) is 17.2 Å². The Hall–Kier alpha value is -3.98. The molecular weight excluding hydrogens is 465 g/mol. The second-order valence-electron chi connectivity index (χ2n) is 9.12. The summed E-state index contributed by atoms with van der Waals surface area (Å²) < 4.78 is 16.5. The molecule has 4 heterocycles. The minimum Gasteiger partial charge on any atom is -0.373 e. The van der Waals surface area contributed by atoms with Crippen molar-refractivity contribution in [1.82, 2.24) is 29.4 Å². The summed E-state index contributed by atoms with van der Waals surface area (Å²) in [6.45, 7) is 9.93. The maximum absolute atomic E-state index is 13.3. The van der Waals surface area contributed by atoms with Gasteiger partial charge >= 0.3 is 0 Å². The Balaban J connectivity index is 1.38. The first-order chi connectivity index (χ1) is 17.5. The molecule has 3 aromatic rings. The molecular formula is C24H28FN9O2. The van der Waals surface area contributed by atoms with Gasteiger partial charge in [0, 0.05) is 44.9 Å². The van der Waals surface area contributed by atoms with Crippen LogP contribution in [0.2, 0.25) is 0 Å². The molecule has 0 unspecified atom stereocenters. The number of aromatic nitrogens is 4. The number of alkyl halides is 1. The number of amides is 1. The van der Waals surface area contributed by atoms with E-state index in [1.807, 2.05) is 6.07 Å². The van der Waals surface area contributed by atoms with Gasteiger partial charge in [0.05, 0.1) is 18.8 Å². The van der Waals surface area contributed by atoms with E-state index in [4.69, 9.17) is 6.57 Å². The van der Waals surface area contributed by atoms with Gasteiger partial charge in [0.2, 0.25) is 6.54 Å². The third-order valence-electron chi connectivity index (χ3n) is 6.72. The average Bonchev–Trinajstić information content (AvgIpc) is 3.40. The average molecular weight is 494 g/mol. The van der Waals surface area contributed by atoms with Gasteiger partial charge in [-0.3, -0.25) is 14.5 Å². The highest BCUT2D eigenvalue weighted by Crippen LogP contribution is 2.27. The number of hydrogen-bond acceptors (Lipinski definition) is 7. The maximum Gasteiger partial charge on any atom is 0.274 e. The van der Waals surface area contributed by atoms with Crippen LogP contribution < -0.4 is 21.5 Å². The monoisotopic (exact) mass is 493 g/mol. The van der Waals surface area contributed by atoms with E-state index in [1.54, 1.807) is 29.9 Å². The molecule has 1 amide bonds. The fourth-order valence-corrected chi connectivity index (χ4v) is 4.57. The normalized spacial score (nSPS) is 20.1. The second kappa shape index (κ2) is 9.94. The van der Waals surface area contributed by atoms with Crippen LogP contribution in [-0.4, -0.2) is 75.4 Å². The lowest BCUT2D eigenvalue weighted by Crippen LogP contribution is -2.38. The van der Waals surface area contributed by atoms with Crippen molar-refractivity contribution >= 4 is 28.9 Å². The van der Waals surface area contributed by atoms with Crippen LogP contribution in [0.5, 0.6) is 0 Å². The molecule has 3 N–H and O–H groups in total. The predicted molar refractivity (Wildman–Crippen MR) is 133 cm³/mol. The quantitative estimate of drug-likeness (QED) is 0.412. The van der Waals surface area contributed by atoms with E-state index < -0.39 is 18.1 Å². The van der Waals surface area contributed by atoms with Gasteiger partial charge in [0.1, 0.15) is 29.1 Å². The summed E-state index contributed by atoms with van der Waals surface area (Å²) in [6.07, 6.45) is 4.18. The zero-order chi connectivity index (χ0) is 25.2. The van der Waals surface area contributed by atoms with E-state index >= 15 is 0 Å². The van der Waals surface area contributed by atoms with Gasteiger partial charge in [-0.05, 0) is 25.0 Å². The molecule has 1 saturated heterocycles. The molecule has 0 radical (unpaired) electrons. The number of rotatable bonds is 8. The Labute approximate surface area is 207 Å². The first-order valence-electron chi connectivity index (χ1n) is 12.0. The van der Waals surface area contributed by atoms with Gasteiger partial charge in [0.25, 0.3) is 11.5 Å². The molecule has 2 fully saturated rings. The van der Waals surface area contributed by atoms with Crippen LogP contribution >= 0.6 is 0 Å². The van der Waals surface area contributed by atoms with Gasteiger partial charge < -0.3 is 25.4 Å². The van der Waals surface area contributed by atoms with Crippen molar-refractivity contribution in [2.75, 3.05) is 43.9 Å². The summed E-state index contributed by atoms with van der Waals surface area (Å²) in [5.74, 6) is 0.506. The van der Waals surface area contributed by atoms with E-state index in [2.05, 4.69) is 35.8 Å². The molecule has 188 valence electrons. The van der Waals surface area contributed by atoms with Crippen molar-refractivity contribution in [2.45, 2.75) is 37.5 Å². The maximum atomic E-state index is 13.3. The largest absolute Gasteiger partial charge is 0.373 e. The number of piperidine rings is 1. The lowest BCUT2D eigenvalue weighted by Gasteiger charge is -2.31. The number of halogens is 1. The fourth-order valence-electron chi connectivity index (χ4n) is 4.57. The number of hydrogen-bond donors (Lipinski definition) is 3. The number of nitrogens with zero attached hydrogens (tertiary/aromatic N) is 6. The Morgan fingerprint density at radius 3 is 2.81 bits per heavy atom. The van der Waals surface area contributed by atoms with Crippen LogP contribution in [0.15, 0.2) is 35.4 Å². The smallest absolute Gasteiger partial charge is 0.274 e. The summed E-state index contributed by atoms with van der Waals surface area (Å²) in [5, 5.41) is 13.0. The predicted octanol–water partition coefficient (Wildman–Crippen LogP) is 2.07. The van der Waals surface area contributed by atoms with Crippen molar-refractivity contribution in [3.63, 3.8) is 0 Å². The number of anilines is 3. The van der Waals surface area contributed by atoms with Crippen molar-refractivity contribution in [3.05, 3.63) is 57.9 Å². The number of carbonyl (C=O) groups is 1. The van der Waals surface area contributed by atoms with Crippen LogP contribution in [-0.2, 0) is 0 Å². The van der Waals surface area contributed by atoms with Crippen LogP contribution in [0.3, 0.4) is 0 Å². The highest BCUT2D eigenvalue weighted by molar-refractivity contribution is 6.00. The van der Waals surface area contributed by atoms with Crippen LogP contribution in [0, 0.1) is 6.57 Å². The lowest BCUT2D eigenvalue weighted by molar-refractivity contribution is 0.0949. The number of nitrogens with one attached hydrogen (secondary N) is 3. The van der Waals surface area contributed by atoms with Gasteiger partial charge in [-0.1, -0.05) is 0 Å². The van der Waals surface area contributed by atoms with E-state index in [1.165, 1.54) is 10.7 Å². The summed E-state index contributed by atoms with van der Waals surface area (Å²) >= 11 is 0. The van der Waals surface area contributed by atoms with Gasteiger partial charge in [0.15, 0.2) is 5.65 Å². The molecule has 11 nitrogen and oxygen atoms in total. The third kappa shape index (κ3) is 4.74. The fraction of sp³-hybridized carbons (Fsp3) is 0.458. The molecule has 1 saturated carbocycles. The van der Waals surface area contributed by atoms with E-state index in [0.29, 0.717) is 35.9 Å². The number of pyridine rings is 1. The van der Waals surface area contributed by atoms with Crippen molar-refractivity contribution in [2.24, 2.45) is 0 Å². The lowest BCUT2D eigenvalue weighted by atomic mass is 10.0. The van der Waals surface area contributed by atoms with Crippen LogP contribution in [0.4, 0.5) is 21.7 Å². The Morgan fingerprint density at radius 2 is 2.11 bits per heavy atom. The van der Waals surface area contributed by atoms with Gasteiger partial charge in [-0.25, -0.2) is 15.9 Å². The highest BCUT2D eigenvalue weighted by atomic mass is 19.1. The molecule has 2 aliphatic rings. The number of likely N-dealkylation sites (tertiary alicyclic amines) is 1. The van der Waals surface area contributed by atoms with Gasteiger partial charge in [-0.2, -0.15) is 9.61 Å². The summed E-state index contributed by atoms with van der Waals surface area (Å²) in [6, 6.07) is 4.84. The number of carbonyl (C=O) groups excluding carboxylic acids is 1. The topological polar surface area (TPSA) is 113 Å². The van der Waals surface area contributed by atoms with Crippen molar-refractivity contribution < 1.29 is 9.18 Å². The molecule has 3 aromatic heterocycles. The SMILES string of the molecule is [C-]#[N+]CCN1CCC(n2cccc(Nc3cc(NC)n4ncc(C(=O)N[C@@H]5C[C@@H]5F)c4n3)c2=O)CC1. The van der Waals surface area contributed by atoms with Crippen molar-refractivity contribution in [3.8, 4) is 0 Å². The molecule has 5 rings (SSSR count). The molecule has 0 aromatic carbocycles. The van der Waals surface area contributed by atoms with E-state index in [0.717, 1.165) is 32.5 Å². The molecule has 0 spiro atoms. The highest BCUT2D eigenvalue weighted by Gasteiger charge is 2.39. The Kier molecular flexibility index (Phi) is 6.56. The second-order valence-corrected chi connectivity index (χ2v) is 9.12. The standard InChI is InChI=1S/C24H28FN9O2/c1-26-7-11-32-9-5-15(6-10-32)33-8-3-4-18(24(33)36)29-20-13-21(27-2)34-22(31-20)16(14-28-34)23(35)30-19-12-17(19)25/h3-4,8,13-15,17,19,27H,5-7,9-12H2,2H3,(H,29,31)(H,30,35)/t17-,19+/m0/s1.